The average molecular weight is 449 g/mol. The first kappa shape index (κ1) is 19.4. The molecular formula is C19H17BrN2O4S. The zero-order chi connectivity index (χ0) is 19.2. The molecular weight excluding hydrogens is 432 g/mol. The molecule has 0 radical (unpaired) electrons. The van der Waals surface area contributed by atoms with Crippen molar-refractivity contribution in [3.63, 3.8) is 0 Å². The number of halogens is 1. The molecule has 0 spiro atoms. The molecule has 1 atom stereocenters. The maximum absolute atomic E-state index is 12.4. The Balaban J connectivity index is 1.64. The molecule has 0 aliphatic carbocycles. The Bertz CT molecular complexity index is 909. The molecule has 0 bridgehead atoms. The molecule has 0 fully saturated rings. The number of ether oxygens (including phenoxy) is 1. The Hall–Kier alpha value is -2.32. The van der Waals surface area contributed by atoms with Gasteiger partial charge in [-0.3, -0.25) is 9.59 Å². The van der Waals surface area contributed by atoms with Crippen molar-refractivity contribution in [1.82, 2.24) is 10.3 Å². The monoisotopic (exact) mass is 448 g/mol. The average Bonchev–Trinajstić information content (AvgIpc) is 3.09. The number of fused-ring (bicyclic) bond motifs is 1. The Labute approximate surface area is 168 Å². The summed E-state index contributed by atoms with van der Waals surface area (Å²) < 4.78 is 11.3. The van der Waals surface area contributed by atoms with Gasteiger partial charge in [-0.1, -0.05) is 52.0 Å². The lowest BCUT2D eigenvalue weighted by atomic mass is 10.0. The summed E-state index contributed by atoms with van der Waals surface area (Å²) in [6, 6.07) is 14.4. The van der Waals surface area contributed by atoms with Gasteiger partial charge in [0.15, 0.2) is 5.58 Å². The van der Waals surface area contributed by atoms with Crippen LogP contribution in [-0.2, 0) is 14.3 Å². The summed E-state index contributed by atoms with van der Waals surface area (Å²) in [4.78, 5) is 28.4. The van der Waals surface area contributed by atoms with Crippen molar-refractivity contribution in [2.24, 2.45) is 0 Å². The molecule has 8 heteroatoms. The van der Waals surface area contributed by atoms with Gasteiger partial charge in [0.2, 0.25) is 5.91 Å². The highest BCUT2D eigenvalue weighted by Crippen LogP contribution is 2.24. The molecule has 1 unspecified atom stereocenters. The predicted octanol–water partition coefficient (Wildman–Crippen LogP) is 4.10. The number of hydrogen-bond donors (Lipinski definition) is 1. The Morgan fingerprint density at radius 2 is 1.96 bits per heavy atom. The van der Waals surface area contributed by atoms with E-state index in [2.05, 4.69) is 26.2 Å². The van der Waals surface area contributed by atoms with Gasteiger partial charge >= 0.3 is 5.97 Å². The number of nitrogens with zero attached hydrogens (tertiary/aromatic N) is 1. The van der Waals surface area contributed by atoms with E-state index in [-0.39, 0.29) is 18.1 Å². The standard InChI is InChI=1S/C19H17BrN2O4S/c1-25-18(24)10-15(12-6-8-13(20)9-7-12)21-17(23)11-27-19-22-14-4-2-3-5-16(14)26-19/h2-9,15H,10-11H2,1H3,(H,21,23). The summed E-state index contributed by atoms with van der Waals surface area (Å²) in [6.07, 6.45) is 0.0530. The van der Waals surface area contributed by atoms with Crippen molar-refractivity contribution in [2.45, 2.75) is 17.7 Å². The van der Waals surface area contributed by atoms with E-state index in [0.717, 1.165) is 15.6 Å². The summed E-state index contributed by atoms with van der Waals surface area (Å²) in [6.45, 7) is 0. The third kappa shape index (κ3) is 5.33. The van der Waals surface area contributed by atoms with Gasteiger partial charge in [0.05, 0.1) is 25.3 Å². The lowest BCUT2D eigenvalue weighted by Crippen LogP contribution is -2.31. The number of benzene rings is 2. The largest absolute Gasteiger partial charge is 0.469 e. The SMILES string of the molecule is COC(=O)CC(NC(=O)CSc1nc2ccccc2o1)c1ccc(Br)cc1. The maximum atomic E-state index is 12.4. The van der Waals surface area contributed by atoms with Gasteiger partial charge in [0.25, 0.3) is 5.22 Å². The Morgan fingerprint density at radius 3 is 2.67 bits per heavy atom. The molecule has 6 nitrogen and oxygen atoms in total. The minimum atomic E-state index is -0.470. The van der Waals surface area contributed by atoms with Gasteiger partial charge in [-0.25, -0.2) is 4.98 Å². The van der Waals surface area contributed by atoms with Crippen molar-refractivity contribution < 1.29 is 18.7 Å². The van der Waals surface area contributed by atoms with Gasteiger partial charge in [-0.15, -0.1) is 0 Å². The van der Waals surface area contributed by atoms with Gasteiger partial charge in [0, 0.05) is 4.47 Å². The molecule has 140 valence electrons. The van der Waals surface area contributed by atoms with Crippen molar-refractivity contribution in [2.75, 3.05) is 12.9 Å². The molecule has 2 aromatic carbocycles. The number of esters is 1. The highest BCUT2D eigenvalue weighted by molar-refractivity contribution is 9.10. The molecule has 0 saturated carbocycles. The third-order valence-corrected chi connectivity index (χ3v) is 5.16. The zero-order valence-corrected chi connectivity index (χ0v) is 16.9. The van der Waals surface area contributed by atoms with E-state index in [1.54, 1.807) is 0 Å². The van der Waals surface area contributed by atoms with E-state index in [1.165, 1.54) is 18.9 Å². The zero-order valence-electron chi connectivity index (χ0n) is 14.5. The fourth-order valence-corrected chi connectivity index (χ4v) is 3.39. The smallest absolute Gasteiger partial charge is 0.307 e. The number of aromatic nitrogens is 1. The van der Waals surface area contributed by atoms with Crippen LogP contribution in [0.15, 0.2) is 62.6 Å². The molecule has 0 saturated heterocycles. The minimum absolute atomic E-state index is 0.0530. The molecule has 3 aromatic rings. The van der Waals surface area contributed by atoms with E-state index >= 15 is 0 Å². The number of carbonyl (C=O) groups excluding carboxylic acids is 2. The Morgan fingerprint density at radius 1 is 1.22 bits per heavy atom. The fraction of sp³-hybridized carbons (Fsp3) is 0.211. The molecule has 0 aliphatic heterocycles. The van der Waals surface area contributed by atoms with Gasteiger partial charge in [0.1, 0.15) is 5.52 Å². The van der Waals surface area contributed by atoms with Crippen LogP contribution in [0, 0.1) is 0 Å². The van der Waals surface area contributed by atoms with Crippen LogP contribution in [0.2, 0.25) is 0 Å². The first-order valence-corrected chi connectivity index (χ1v) is 9.93. The number of rotatable bonds is 7. The summed E-state index contributed by atoms with van der Waals surface area (Å²) in [5.41, 5.74) is 2.25. The van der Waals surface area contributed by atoms with Crippen LogP contribution in [0.25, 0.3) is 11.1 Å². The van der Waals surface area contributed by atoms with Crippen LogP contribution in [-0.4, -0.2) is 29.7 Å². The molecule has 0 aliphatic rings. The van der Waals surface area contributed by atoms with Gasteiger partial charge < -0.3 is 14.5 Å². The number of hydrogen-bond acceptors (Lipinski definition) is 6. The highest BCUT2D eigenvalue weighted by atomic mass is 79.9. The second-order valence-corrected chi connectivity index (χ2v) is 7.53. The minimum Gasteiger partial charge on any atom is -0.469 e. The summed E-state index contributed by atoms with van der Waals surface area (Å²) >= 11 is 4.58. The topological polar surface area (TPSA) is 81.4 Å². The summed E-state index contributed by atoms with van der Waals surface area (Å²) in [7, 11) is 1.33. The summed E-state index contributed by atoms with van der Waals surface area (Å²) in [5, 5.41) is 3.31. The molecule has 1 heterocycles. The van der Waals surface area contributed by atoms with Crippen molar-refractivity contribution in [3.8, 4) is 0 Å². The third-order valence-electron chi connectivity index (χ3n) is 3.81. The molecule has 1 amide bonds. The van der Waals surface area contributed by atoms with Crippen LogP contribution in [0.1, 0.15) is 18.0 Å². The highest BCUT2D eigenvalue weighted by Gasteiger charge is 2.19. The number of carbonyl (C=O) groups is 2. The van der Waals surface area contributed by atoms with Gasteiger partial charge in [-0.2, -0.15) is 0 Å². The maximum Gasteiger partial charge on any atom is 0.307 e. The quantitative estimate of drug-likeness (QED) is 0.432. The number of nitrogens with one attached hydrogen (secondary N) is 1. The van der Waals surface area contributed by atoms with Crippen LogP contribution in [0.5, 0.6) is 0 Å². The normalized spacial score (nSPS) is 11.9. The van der Waals surface area contributed by atoms with E-state index in [4.69, 9.17) is 9.15 Å². The van der Waals surface area contributed by atoms with Gasteiger partial charge in [-0.05, 0) is 29.8 Å². The predicted molar refractivity (Wildman–Crippen MR) is 106 cm³/mol. The number of amides is 1. The fourth-order valence-electron chi connectivity index (χ4n) is 2.47. The first-order valence-electron chi connectivity index (χ1n) is 8.15. The van der Waals surface area contributed by atoms with E-state index in [1.807, 2.05) is 48.5 Å². The van der Waals surface area contributed by atoms with Crippen LogP contribution in [0.4, 0.5) is 0 Å². The van der Waals surface area contributed by atoms with Crippen LogP contribution in [0.3, 0.4) is 0 Å². The number of oxazole rings is 1. The van der Waals surface area contributed by atoms with Crippen molar-refractivity contribution >= 4 is 50.7 Å². The van der Waals surface area contributed by atoms with Crippen LogP contribution < -0.4 is 5.32 Å². The second kappa shape index (κ2) is 9.05. The molecule has 27 heavy (non-hydrogen) atoms. The Kier molecular flexibility index (Phi) is 6.52. The first-order chi connectivity index (χ1) is 13.0. The molecule has 1 aromatic heterocycles. The van der Waals surface area contributed by atoms with E-state index in [9.17, 15) is 9.59 Å². The lowest BCUT2D eigenvalue weighted by molar-refractivity contribution is -0.141. The van der Waals surface area contributed by atoms with Crippen molar-refractivity contribution in [3.05, 3.63) is 58.6 Å². The van der Waals surface area contributed by atoms with E-state index < -0.39 is 12.0 Å². The molecule has 1 N–H and O–H groups in total. The van der Waals surface area contributed by atoms with Crippen LogP contribution >= 0.6 is 27.7 Å². The van der Waals surface area contributed by atoms with Crippen molar-refractivity contribution in [1.29, 1.82) is 0 Å². The second-order valence-electron chi connectivity index (χ2n) is 5.69. The lowest BCUT2D eigenvalue weighted by Gasteiger charge is -2.18. The number of para-hydroxylation sites is 2. The number of methoxy groups -OCH3 is 1. The summed E-state index contributed by atoms with van der Waals surface area (Å²) in [5.74, 6) is -0.491. The van der Waals surface area contributed by atoms with E-state index in [0.29, 0.717) is 10.8 Å². The molecule has 3 rings (SSSR count). The number of thioether (sulfide) groups is 1.